The number of carboxylic acids is 2. The van der Waals surface area contributed by atoms with Crippen LogP contribution in [-0.2, 0) is 47.6 Å². The predicted octanol–water partition coefficient (Wildman–Crippen LogP) is 1.59. The first-order chi connectivity index (χ1) is 21.4. The molecule has 0 aromatic rings. The fraction of sp³-hybridized carbons (Fsp3) is 0.867. The Kier molecular flexibility index (Phi) is 37.7. The molecule has 15 heteroatoms. The van der Waals surface area contributed by atoms with Crippen molar-refractivity contribution >= 4 is 23.8 Å². The quantitative estimate of drug-likeness (QED) is 0.0796. The third-order valence-corrected chi connectivity index (χ3v) is 5.32. The van der Waals surface area contributed by atoms with Crippen LogP contribution in [0.15, 0.2) is 0 Å². The van der Waals surface area contributed by atoms with Crippen LogP contribution in [0.25, 0.3) is 0 Å². The van der Waals surface area contributed by atoms with Crippen molar-refractivity contribution in [2.75, 3.05) is 80.8 Å². The first-order valence-corrected chi connectivity index (χ1v) is 15.4. The van der Waals surface area contributed by atoms with E-state index in [9.17, 15) is 19.2 Å². The number of ether oxygens (including phenoxy) is 6. The highest BCUT2D eigenvalue weighted by molar-refractivity contribution is 5.77. The Morgan fingerprint density at radius 2 is 0.867 bits per heavy atom. The van der Waals surface area contributed by atoms with E-state index in [-0.39, 0.29) is 42.8 Å². The number of aliphatic carboxylic acids is 2. The van der Waals surface area contributed by atoms with E-state index in [0.29, 0.717) is 98.0 Å². The molecule has 3 atom stereocenters. The molecule has 0 saturated heterocycles. The number of unbranched alkanes of at least 4 members (excludes halogenated alkanes) is 2. The number of carboxylic acid groups (broad SMARTS) is 2. The zero-order chi connectivity index (χ0) is 34.7. The van der Waals surface area contributed by atoms with Gasteiger partial charge in [-0.3, -0.25) is 19.2 Å². The molecule has 0 bridgehead atoms. The van der Waals surface area contributed by atoms with Gasteiger partial charge >= 0.3 is 11.9 Å². The summed E-state index contributed by atoms with van der Waals surface area (Å²) in [5.74, 6) is -1.78. The molecule has 2 amide bonds. The first kappa shape index (κ1) is 47.0. The van der Waals surface area contributed by atoms with Gasteiger partial charge in [0.1, 0.15) is 0 Å². The lowest BCUT2D eigenvalue weighted by Gasteiger charge is -2.15. The average Bonchev–Trinajstić information content (AvgIpc) is 2.96. The Hall–Kier alpha value is -2.40. The first-order valence-electron chi connectivity index (χ1n) is 15.4. The number of amides is 2. The van der Waals surface area contributed by atoms with E-state index in [1.54, 1.807) is 21.3 Å². The molecule has 0 aromatic heterocycles. The van der Waals surface area contributed by atoms with Crippen molar-refractivity contribution in [2.45, 2.75) is 90.3 Å². The van der Waals surface area contributed by atoms with Crippen molar-refractivity contribution < 1.29 is 57.8 Å². The topological polar surface area (TPSA) is 214 Å². The van der Waals surface area contributed by atoms with Crippen LogP contribution in [0.1, 0.15) is 72.1 Å². The molecule has 0 heterocycles. The summed E-state index contributed by atoms with van der Waals surface area (Å²) in [6, 6.07) is 0.0464. The molecule has 268 valence electrons. The summed E-state index contributed by atoms with van der Waals surface area (Å²) in [4.78, 5) is 43.4. The van der Waals surface area contributed by atoms with Gasteiger partial charge in [-0.15, -0.1) is 0 Å². The fourth-order valence-electron chi connectivity index (χ4n) is 3.12. The Balaban J connectivity index is -0.000000754. The lowest BCUT2D eigenvalue weighted by molar-refractivity contribution is -0.139. The molecular formula is C30H61N3O12. The number of nitrogens with two attached hydrogens (primary N) is 1. The van der Waals surface area contributed by atoms with Gasteiger partial charge in [-0.25, -0.2) is 0 Å². The van der Waals surface area contributed by atoms with Gasteiger partial charge in [-0.2, -0.15) is 0 Å². The summed E-state index contributed by atoms with van der Waals surface area (Å²) in [7, 11) is 4.88. The predicted molar refractivity (Wildman–Crippen MR) is 169 cm³/mol. The lowest BCUT2D eigenvalue weighted by Crippen LogP contribution is -2.36. The third-order valence-electron chi connectivity index (χ3n) is 5.32. The maximum atomic E-state index is 11.8. The van der Waals surface area contributed by atoms with E-state index < -0.39 is 11.9 Å². The molecule has 0 aliphatic carbocycles. The smallest absolute Gasteiger partial charge is 0.303 e. The highest BCUT2D eigenvalue weighted by Gasteiger charge is 2.10. The van der Waals surface area contributed by atoms with Crippen LogP contribution < -0.4 is 16.4 Å². The highest BCUT2D eigenvalue weighted by atomic mass is 16.5. The largest absolute Gasteiger partial charge is 0.481 e. The molecule has 0 aliphatic rings. The number of methoxy groups -OCH3 is 3. The maximum absolute atomic E-state index is 11.8. The number of hydrogen-bond acceptors (Lipinski definition) is 11. The number of rotatable bonds is 27. The van der Waals surface area contributed by atoms with Crippen LogP contribution in [-0.4, -0.2) is 133 Å². The van der Waals surface area contributed by atoms with Crippen molar-refractivity contribution in [3.63, 3.8) is 0 Å². The molecular weight excluding hydrogens is 594 g/mol. The Morgan fingerprint density at radius 1 is 0.556 bits per heavy atom. The fourth-order valence-corrected chi connectivity index (χ4v) is 3.12. The Bertz CT molecular complexity index is 664. The SMILES string of the molecule is COCCOCC(C)N.COCCOCC(C)NC(=O)CCCCC(=O)NC(C)COCCOC.O=C(O)CCCCC(=O)O. The molecule has 0 rings (SSSR count). The van der Waals surface area contributed by atoms with Gasteiger partial charge in [0.15, 0.2) is 0 Å². The second kappa shape index (κ2) is 36.1. The second-order valence-corrected chi connectivity index (χ2v) is 10.3. The molecule has 0 aliphatic heterocycles. The molecule has 0 spiro atoms. The number of hydrogen-bond donors (Lipinski definition) is 5. The Labute approximate surface area is 269 Å². The molecule has 15 nitrogen and oxygen atoms in total. The second-order valence-electron chi connectivity index (χ2n) is 10.3. The summed E-state index contributed by atoms with van der Waals surface area (Å²) in [6.07, 6.45) is 3.19. The van der Waals surface area contributed by atoms with Gasteiger partial charge in [-0.05, 0) is 46.5 Å². The molecule has 45 heavy (non-hydrogen) atoms. The van der Waals surface area contributed by atoms with Gasteiger partial charge in [-0.1, -0.05) is 0 Å². The lowest BCUT2D eigenvalue weighted by atomic mass is 10.1. The van der Waals surface area contributed by atoms with Gasteiger partial charge in [0.25, 0.3) is 0 Å². The van der Waals surface area contributed by atoms with Gasteiger partial charge < -0.3 is 55.0 Å². The summed E-state index contributed by atoms with van der Waals surface area (Å²) in [5.41, 5.74) is 5.41. The van der Waals surface area contributed by atoms with E-state index in [2.05, 4.69) is 10.6 Å². The number of carbonyl (C=O) groups is 4. The van der Waals surface area contributed by atoms with E-state index in [1.807, 2.05) is 20.8 Å². The van der Waals surface area contributed by atoms with Crippen molar-refractivity contribution in [1.29, 1.82) is 0 Å². The summed E-state index contributed by atoms with van der Waals surface area (Å²) >= 11 is 0. The van der Waals surface area contributed by atoms with Gasteiger partial charge in [0.05, 0.1) is 59.5 Å². The molecule has 0 aromatic carbocycles. The molecule has 0 fully saturated rings. The van der Waals surface area contributed by atoms with Gasteiger partial charge in [0.2, 0.25) is 11.8 Å². The van der Waals surface area contributed by atoms with E-state index >= 15 is 0 Å². The van der Waals surface area contributed by atoms with Crippen LogP contribution in [0.5, 0.6) is 0 Å². The van der Waals surface area contributed by atoms with Crippen molar-refractivity contribution in [3.8, 4) is 0 Å². The minimum absolute atomic E-state index is 0.0202. The summed E-state index contributed by atoms with van der Waals surface area (Å²) < 4.78 is 30.3. The summed E-state index contributed by atoms with van der Waals surface area (Å²) in [5, 5.41) is 22.0. The minimum Gasteiger partial charge on any atom is -0.481 e. The molecule has 0 saturated carbocycles. The average molecular weight is 656 g/mol. The number of nitrogens with one attached hydrogen (secondary N) is 2. The monoisotopic (exact) mass is 655 g/mol. The highest BCUT2D eigenvalue weighted by Crippen LogP contribution is 2.01. The van der Waals surface area contributed by atoms with Crippen molar-refractivity contribution in [2.24, 2.45) is 5.73 Å². The Morgan fingerprint density at radius 3 is 1.16 bits per heavy atom. The normalized spacial score (nSPS) is 12.4. The van der Waals surface area contributed by atoms with Crippen molar-refractivity contribution in [3.05, 3.63) is 0 Å². The standard InChI is InChI=1S/C18H36N2O6.C6H15NO2.C6H10O4/c1-15(13-25-11-9-23-3)19-17(21)7-5-6-8-18(22)20-16(2)14-26-12-10-24-4;1-6(7)5-9-4-3-8-2;7-5(8)3-1-2-4-6(9)10/h15-16H,5-14H2,1-4H3,(H,19,21)(H,20,22);6H,3-5,7H2,1-2H3;1-4H2,(H,7,8)(H,9,10). The van der Waals surface area contributed by atoms with E-state index in [0.717, 1.165) is 0 Å². The van der Waals surface area contributed by atoms with Gasteiger partial charge in [0, 0.05) is 65.1 Å². The molecule has 3 unspecified atom stereocenters. The van der Waals surface area contributed by atoms with Crippen LogP contribution in [0.2, 0.25) is 0 Å². The zero-order valence-corrected chi connectivity index (χ0v) is 28.3. The maximum Gasteiger partial charge on any atom is 0.303 e. The third kappa shape index (κ3) is 46.1. The minimum atomic E-state index is -0.870. The van der Waals surface area contributed by atoms with Crippen LogP contribution in [0.3, 0.4) is 0 Å². The van der Waals surface area contributed by atoms with Crippen LogP contribution in [0, 0.1) is 0 Å². The molecule has 6 N–H and O–H groups in total. The van der Waals surface area contributed by atoms with E-state index in [4.69, 9.17) is 44.4 Å². The van der Waals surface area contributed by atoms with Crippen LogP contribution in [0.4, 0.5) is 0 Å². The van der Waals surface area contributed by atoms with E-state index in [1.165, 1.54) is 0 Å². The number of carbonyl (C=O) groups excluding carboxylic acids is 2. The summed E-state index contributed by atoms with van der Waals surface area (Å²) in [6.45, 7) is 10.6. The van der Waals surface area contributed by atoms with Crippen molar-refractivity contribution in [1.82, 2.24) is 10.6 Å². The molecule has 0 radical (unpaired) electrons. The van der Waals surface area contributed by atoms with Crippen LogP contribution >= 0.6 is 0 Å². The zero-order valence-electron chi connectivity index (χ0n) is 28.3.